The van der Waals surface area contributed by atoms with Crippen LogP contribution in [0.15, 0.2) is 0 Å². The molecule has 0 atom stereocenters. The van der Waals surface area contributed by atoms with Crippen LogP contribution >= 0.6 is 0 Å². The average molecular weight is 273 g/mol. The molecule has 2 saturated carbocycles. The molecule has 0 amide bonds. The summed E-state index contributed by atoms with van der Waals surface area (Å²) < 4.78 is 0. The van der Waals surface area contributed by atoms with Gasteiger partial charge in [-0.2, -0.15) is 0 Å². The highest BCUT2D eigenvalue weighted by Gasteiger charge is 2.84. The third-order valence-electron chi connectivity index (χ3n) is 4.69. The maximum absolute atomic E-state index is 11.2. The zero-order chi connectivity index (χ0) is 14.3. The summed E-state index contributed by atoms with van der Waals surface area (Å²) >= 11 is 0. The molecule has 0 aromatic carbocycles. The summed E-state index contributed by atoms with van der Waals surface area (Å²) in [5, 5.41) is 33.7. The lowest BCUT2D eigenvalue weighted by molar-refractivity contribution is -0.988. The van der Waals surface area contributed by atoms with E-state index in [1.165, 1.54) is 0 Å². The molecule has 2 fully saturated rings. The van der Waals surface area contributed by atoms with Crippen LogP contribution < -0.4 is 0 Å². The Bertz CT molecular complexity index is 391. The third-order valence-corrected chi connectivity index (χ3v) is 4.69. The monoisotopic (exact) mass is 273 g/mol. The lowest BCUT2D eigenvalue weighted by Crippen LogP contribution is -2.66. The van der Waals surface area contributed by atoms with Crippen molar-refractivity contribution >= 4 is 0 Å². The van der Waals surface area contributed by atoms with Crippen molar-refractivity contribution in [2.24, 2.45) is 11.3 Å². The second-order valence-corrected chi connectivity index (χ2v) is 5.54. The molecule has 0 saturated heterocycles. The van der Waals surface area contributed by atoms with Crippen LogP contribution in [0.1, 0.15) is 44.9 Å². The van der Waals surface area contributed by atoms with E-state index in [1.54, 1.807) is 0 Å². The molecule has 2 aliphatic carbocycles. The van der Waals surface area contributed by atoms with Crippen LogP contribution in [-0.4, -0.2) is 20.6 Å². The molecule has 0 spiro atoms. The van der Waals surface area contributed by atoms with Gasteiger partial charge in [0.05, 0.1) is 0 Å². The average Bonchev–Trinajstić information content (AvgIpc) is 2.27. The molecule has 0 aromatic heterocycles. The Morgan fingerprint density at radius 3 is 1.68 bits per heavy atom. The highest BCUT2D eigenvalue weighted by atomic mass is 16.7. The highest BCUT2D eigenvalue weighted by Crippen LogP contribution is 2.55. The Balaban J connectivity index is 2.56. The first-order valence-electron chi connectivity index (χ1n) is 6.30. The number of nitro groups is 3. The van der Waals surface area contributed by atoms with E-state index in [0.29, 0.717) is 12.8 Å². The molecule has 9 heteroatoms. The molecule has 0 radical (unpaired) electrons. The van der Waals surface area contributed by atoms with E-state index in [9.17, 15) is 30.3 Å². The van der Waals surface area contributed by atoms with E-state index < -0.39 is 26.0 Å². The van der Waals surface area contributed by atoms with Crippen LogP contribution in [0.5, 0.6) is 0 Å². The van der Waals surface area contributed by atoms with Gasteiger partial charge in [0, 0.05) is 0 Å². The van der Waals surface area contributed by atoms with Crippen molar-refractivity contribution in [2.45, 2.75) is 50.7 Å². The fraction of sp³-hybridized carbons (Fsp3) is 1.00. The van der Waals surface area contributed by atoms with Gasteiger partial charge in [0.1, 0.15) is 0 Å². The van der Waals surface area contributed by atoms with E-state index in [-0.39, 0.29) is 25.2 Å². The fourth-order valence-corrected chi connectivity index (χ4v) is 3.94. The van der Waals surface area contributed by atoms with E-state index in [1.807, 2.05) is 0 Å². The molecule has 2 rings (SSSR count). The van der Waals surface area contributed by atoms with E-state index in [4.69, 9.17) is 0 Å². The first-order chi connectivity index (χ1) is 8.87. The van der Waals surface area contributed by atoms with Crippen molar-refractivity contribution in [1.82, 2.24) is 0 Å². The summed E-state index contributed by atoms with van der Waals surface area (Å²) in [7, 11) is 0. The SMILES string of the molecule is O=[N+]([O-])C([N+](=O)[O-])([N+](=O)[O-])C12CCCC(CCC1)C2. The normalized spacial score (nSPS) is 30.6. The van der Waals surface area contributed by atoms with Crippen LogP contribution in [0.2, 0.25) is 0 Å². The van der Waals surface area contributed by atoms with Crippen LogP contribution in [0, 0.1) is 41.7 Å². The molecule has 9 nitrogen and oxygen atoms in total. The lowest BCUT2D eigenvalue weighted by atomic mass is 9.58. The smallest absolute Gasteiger partial charge is 0.253 e. The van der Waals surface area contributed by atoms with Gasteiger partial charge in [-0.25, -0.2) is 0 Å². The second kappa shape index (κ2) is 4.39. The van der Waals surface area contributed by atoms with E-state index in [2.05, 4.69) is 0 Å². The zero-order valence-corrected chi connectivity index (χ0v) is 10.3. The topological polar surface area (TPSA) is 129 Å². The molecule has 0 aromatic rings. The highest BCUT2D eigenvalue weighted by molar-refractivity contribution is 4.95. The van der Waals surface area contributed by atoms with Crippen LogP contribution in [0.25, 0.3) is 0 Å². The van der Waals surface area contributed by atoms with Crippen molar-refractivity contribution in [2.75, 3.05) is 0 Å². The van der Waals surface area contributed by atoms with Crippen LogP contribution in [0.4, 0.5) is 0 Å². The van der Waals surface area contributed by atoms with Crippen molar-refractivity contribution in [3.05, 3.63) is 30.3 Å². The van der Waals surface area contributed by atoms with Gasteiger partial charge in [-0.15, -0.1) is 0 Å². The largest absolute Gasteiger partial charge is 0.705 e. The predicted octanol–water partition coefficient (Wildman–Crippen LogP) is 1.83. The van der Waals surface area contributed by atoms with Crippen molar-refractivity contribution in [3.63, 3.8) is 0 Å². The van der Waals surface area contributed by atoms with Gasteiger partial charge in [0.25, 0.3) is 0 Å². The summed E-state index contributed by atoms with van der Waals surface area (Å²) in [6.07, 6.45) is 3.47. The number of rotatable bonds is 4. The summed E-state index contributed by atoms with van der Waals surface area (Å²) in [6, 6.07) is 0. The molecule has 0 aliphatic heterocycles. The van der Waals surface area contributed by atoms with Gasteiger partial charge < -0.3 is 0 Å². The minimum Gasteiger partial charge on any atom is -0.253 e. The van der Waals surface area contributed by atoms with Crippen LogP contribution in [0.3, 0.4) is 0 Å². The van der Waals surface area contributed by atoms with Crippen molar-refractivity contribution in [3.8, 4) is 0 Å². The first-order valence-corrected chi connectivity index (χ1v) is 6.30. The fourth-order valence-electron chi connectivity index (χ4n) is 3.94. The number of hydrogen-bond acceptors (Lipinski definition) is 6. The maximum atomic E-state index is 11.2. The molecule has 0 unspecified atom stereocenters. The molecule has 19 heavy (non-hydrogen) atoms. The van der Waals surface area contributed by atoms with Gasteiger partial charge in [-0.05, 0) is 25.2 Å². The molecule has 0 heterocycles. The number of nitrogens with zero attached hydrogens (tertiary/aromatic N) is 3. The van der Waals surface area contributed by atoms with E-state index in [0.717, 1.165) is 12.8 Å². The second-order valence-electron chi connectivity index (χ2n) is 5.54. The quantitative estimate of drug-likeness (QED) is 0.436. The predicted molar refractivity (Wildman–Crippen MR) is 62.0 cm³/mol. The van der Waals surface area contributed by atoms with Gasteiger partial charge in [0.15, 0.2) is 20.2 Å². The molecular weight excluding hydrogens is 258 g/mol. The molecule has 106 valence electrons. The first kappa shape index (κ1) is 13.6. The lowest BCUT2D eigenvalue weighted by Gasteiger charge is -2.42. The van der Waals surface area contributed by atoms with Gasteiger partial charge in [-0.1, -0.05) is 25.7 Å². The van der Waals surface area contributed by atoms with Gasteiger partial charge in [-0.3, -0.25) is 30.3 Å². The number of fused-ring (bicyclic) bond motifs is 2. The van der Waals surface area contributed by atoms with E-state index >= 15 is 0 Å². The van der Waals surface area contributed by atoms with Gasteiger partial charge in [0.2, 0.25) is 0 Å². The molecule has 0 N–H and O–H groups in total. The number of hydrogen-bond donors (Lipinski definition) is 0. The summed E-state index contributed by atoms with van der Waals surface area (Å²) in [5.41, 5.74) is -1.44. The molecule has 2 aliphatic rings. The molecule has 2 bridgehead atoms. The maximum Gasteiger partial charge on any atom is 0.705 e. The Labute approximate surface area is 108 Å². The minimum absolute atomic E-state index is 0.140. The zero-order valence-electron chi connectivity index (χ0n) is 10.3. The Morgan fingerprint density at radius 1 is 0.895 bits per heavy atom. The minimum atomic E-state index is -3.29. The standard InChI is InChI=1S/C10H15N3O6/c14-11(15)10(12(16)17,13(18)19)9-5-1-3-8(7-9)4-2-6-9/h8H,1-7H2. The summed E-state index contributed by atoms with van der Waals surface area (Å²) in [6.45, 7) is 0. The van der Waals surface area contributed by atoms with Crippen molar-refractivity contribution in [1.29, 1.82) is 0 Å². The summed E-state index contributed by atoms with van der Waals surface area (Å²) in [5.74, 6) is -3.15. The molecular formula is C10H15N3O6. The Kier molecular flexibility index (Phi) is 3.15. The van der Waals surface area contributed by atoms with Crippen LogP contribution in [-0.2, 0) is 0 Å². The summed E-state index contributed by atoms with van der Waals surface area (Å²) in [4.78, 5) is 29.8. The van der Waals surface area contributed by atoms with Gasteiger partial charge >= 0.3 is 5.79 Å². The Hall–Kier alpha value is -1.80. The van der Waals surface area contributed by atoms with Crippen molar-refractivity contribution < 1.29 is 14.8 Å². The third kappa shape index (κ3) is 1.67. The Morgan fingerprint density at radius 2 is 1.32 bits per heavy atom.